The Kier molecular flexibility index (Phi) is 5.65. The molecular weight excluding hydrogens is 320 g/mol. The van der Waals surface area contributed by atoms with E-state index in [4.69, 9.17) is 15.3 Å². The molecule has 0 unspecified atom stereocenters. The van der Waals surface area contributed by atoms with Gasteiger partial charge in [-0.2, -0.15) is 35.1 Å². The minimum Gasteiger partial charge on any atom is -0.339 e. The summed E-state index contributed by atoms with van der Waals surface area (Å²) < 4.78 is 104. The van der Waals surface area contributed by atoms with Gasteiger partial charge in [-0.3, -0.25) is 0 Å². The molecule has 0 aliphatic heterocycles. The molecule has 3 nitrogen and oxygen atoms in total. The van der Waals surface area contributed by atoms with Crippen LogP contribution < -0.4 is 0 Å². The van der Waals surface area contributed by atoms with Crippen molar-refractivity contribution in [2.24, 2.45) is 0 Å². The highest BCUT2D eigenvalue weighted by Gasteiger charge is 2.84. The number of hydrogen-bond acceptors (Lipinski definition) is 3. The molecule has 128 valence electrons. The summed E-state index contributed by atoms with van der Waals surface area (Å²) in [5.74, 6) is -31.3. The van der Waals surface area contributed by atoms with Crippen molar-refractivity contribution in [2.45, 2.75) is 62.3 Å². The van der Waals surface area contributed by atoms with Crippen LogP contribution in [0.1, 0.15) is 32.6 Å². The lowest BCUT2D eigenvalue weighted by molar-refractivity contribution is -0.477. The highest BCUT2D eigenvalue weighted by atomic mass is 19.4. The van der Waals surface area contributed by atoms with Crippen molar-refractivity contribution in [1.29, 1.82) is 0 Å². The van der Waals surface area contributed by atoms with Gasteiger partial charge in [-0.1, -0.05) is 19.8 Å². The first-order valence-electron chi connectivity index (χ1n) is 5.74. The molecule has 21 heavy (non-hydrogen) atoms. The van der Waals surface area contributed by atoms with E-state index in [1.54, 1.807) is 0 Å². The topological polar surface area (TPSA) is 60.7 Å². The highest BCUT2D eigenvalue weighted by Crippen LogP contribution is 2.55. The zero-order chi connectivity index (χ0) is 17.3. The van der Waals surface area contributed by atoms with Crippen molar-refractivity contribution in [1.82, 2.24) is 0 Å². The van der Waals surface area contributed by atoms with E-state index in [1.807, 2.05) is 0 Å². The lowest BCUT2D eigenvalue weighted by Gasteiger charge is -2.39. The molecule has 0 rings (SSSR count). The van der Waals surface area contributed by atoms with E-state index < -0.39 is 42.5 Å². The van der Waals surface area contributed by atoms with Gasteiger partial charge in [0.15, 0.2) is 0 Å². The average molecular weight is 334 g/mol. The lowest BCUT2D eigenvalue weighted by Crippen LogP contribution is -2.69. The lowest BCUT2D eigenvalue weighted by atomic mass is 9.94. The van der Waals surface area contributed by atoms with Crippen LogP contribution in [-0.4, -0.2) is 45.0 Å². The third-order valence-corrected chi connectivity index (χ3v) is 2.76. The maximum atomic E-state index is 13.1. The highest BCUT2D eigenvalue weighted by molar-refractivity contribution is 5.05. The molecule has 0 saturated carbocycles. The summed E-state index contributed by atoms with van der Waals surface area (Å²) in [4.78, 5) is 0. The summed E-state index contributed by atoms with van der Waals surface area (Å²) in [5.41, 5.74) is 0. The Morgan fingerprint density at radius 3 is 1.43 bits per heavy atom. The molecule has 0 heterocycles. The normalized spacial score (nSPS) is 15.4. The fraction of sp³-hybridized carbons (Fsp3) is 1.00. The molecule has 0 radical (unpaired) electrons. The molecule has 0 aliphatic rings. The summed E-state index contributed by atoms with van der Waals surface area (Å²) in [6.07, 6.45) is -2.20. The minimum absolute atomic E-state index is 0.0302. The number of alkyl halides is 8. The summed E-state index contributed by atoms with van der Waals surface area (Å²) in [7, 11) is 0. The summed E-state index contributed by atoms with van der Waals surface area (Å²) in [6, 6.07) is 0. The Bertz CT molecular complexity index is 351. The molecular formula is C10H14F8O3. The predicted molar refractivity (Wildman–Crippen MR) is 53.3 cm³/mol. The first-order valence-corrected chi connectivity index (χ1v) is 5.74. The maximum absolute atomic E-state index is 13.1. The number of halogens is 8. The maximum Gasteiger partial charge on any atom is 0.395 e. The third-order valence-electron chi connectivity index (χ3n) is 2.76. The fourth-order valence-electron chi connectivity index (χ4n) is 1.39. The molecule has 0 bridgehead atoms. The van der Waals surface area contributed by atoms with Crippen LogP contribution in [0.5, 0.6) is 0 Å². The molecule has 3 N–H and O–H groups in total. The van der Waals surface area contributed by atoms with Gasteiger partial charge in [0, 0.05) is 6.42 Å². The van der Waals surface area contributed by atoms with Crippen molar-refractivity contribution in [2.75, 3.05) is 0 Å². The van der Waals surface area contributed by atoms with Gasteiger partial charge in [-0.15, -0.1) is 0 Å². The molecule has 0 amide bonds. The van der Waals surface area contributed by atoms with Gasteiger partial charge in [0.05, 0.1) is 0 Å². The van der Waals surface area contributed by atoms with Crippen molar-refractivity contribution >= 4 is 0 Å². The van der Waals surface area contributed by atoms with Crippen LogP contribution >= 0.6 is 0 Å². The van der Waals surface area contributed by atoms with Crippen LogP contribution in [0.2, 0.25) is 0 Å². The van der Waals surface area contributed by atoms with Crippen molar-refractivity contribution < 1.29 is 50.4 Å². The quantitative estimate of drug-likeness (QED) is 0.363. The van der Waals surface area contributed by atoms with E-state index >= 15 is 0 Å². The summed E-state index contributed by atoms with van der Waals surface area (Å²) in [5, 5.41) is 24.1. The van der Waals surface area contributed by atoms with Gasteiger partial charge < -0.3 is 15.3 Å². The SMILES string of the molecule is CCCCCC(F)(F)C(F)(F)C(F)(F)C(F)(F)C(O)(O)O. The second-order valence-corrected chi connectivity index (χ2v) is 4.52. The van der Waals surface area contributed by atoms with E-state index in [0.29, 0.717) is 0 Å². The first-order chi connectivity index (χ1) is 9.06. The second-order valence-electron chi connectivity index (χ2n) is 4.52. The van der Waals surface area contributed by atoms with Gasteiger partial charge in [0.1, 0.15) is 0 Å². The van der Waals surface area contributed by atoms with Crippen molar-refractivity contribution in [3.8, 4) is 0 Å². The van der Waals surface area contributed by atoms with Crippen LogP contribution in [0.3, 0.4) is 0 Å². The number of hydrogen-bond donors (Lipinski definition) is 3. The standard InChI is InChI=1S/C10H14F8O3/c1-2-3-4-5-6(11,12)7(13,14)8(15,16)9(17,18)10(19,20)21/h19-21H,2-5H2,1H3. The number of aliphatic hydroxyl groups is 3. The molecule has 0 atom stereocenters. The van der Waals surface area contributed by atoms with Crippen LogP contribution in [0.25, 0.3) is 0 Å². The van der Waals surface area contributed by atoms with E-state index in [-0.39, 0.29) is 12.8 Å². The van der Waals surface area contributed by atoms with Gasteiger partial charge in [0.2, 0.25) is 0 Å². The Morgan fingerprint density at radius 2 is 1.10 bits per heavy atom. The largest absolute Gasteiger partial charge is 0.395 e. The molecule has 0 aromatic carbocycles. The van der Waals surface area contributed by atoms with Crippen molar-refractivity contribution in [3.63, 3.8) is 0 Å². The molecule has 0 saturated heterocycles. The molecule has 0 aromatic rings. The number of unbranched alkanes of at least 4 members (excludes halogenated alkanes) is 2. The van der Waals surface area contributed by atoms with Crippen LogP contribution in [0.4, 0.5) is 35.1 Å². The van der Waals surface area contributed by atoms with Crippen LogP contribution in [0.15, 0.2) is 0 Å². The van der Waals surface area contributed by atoms with Gasteiger partial charge in [-0.05, 0) is 6.42 Å². The third kappa shape index (κ3) is 3.39. The van der Waals surface area contributed by atoms with Gasteiger partial charge >= 0.3 is 29.7 Å². The van der Waals surface area contributed by atoms with E-state index in [9.17, 15) is 35.1 Å². The average Bonchev–Trinajstić information content (AvgIpc) is 2.26. The Morgan fingerprint density at radius 1 is 0.667 bits per heavy atom. The molecule has 0 aromatic heterocycles. The predicted octanol–water partition coefficient (Wildman–Crippen LogP) is 2.74. The van der Waals surface area contributed by atoms with E-state index in [0.717, 1.165) is 0 Å². The monoisotopic (exact) mass is 334 g/mol. The molecule has 0 spiro atoms. The Hall–Kier alpha value is -0.680. The van der Waals surface area contributed by atoms with Crippen LogP contribution in [0, 0.1) is 0 Å². The van der Waals surface area contributed by atoms with Gasteiger partial charge in [-0.25, -0.2) is 0 Å². The minimum atomic E-state index is -6.91. The Labute approximate surface area is 114 Å². The van der Waals surface area contributed by atoms with E-state index in [2.05, 4.69) is 0 Å². The zero-order valence-corrected chi connectivity index (χ0v) is 10.7. The zero-order valence-electron chi connectivity index (χ0n) is 10.7. The fourth-order valence-corrected chi connectivity index (χ4v) is 1.39. The summed E-state index contributed by atoms with van der Waals surface area (Å²) >= 11 is 0. The molecule has 0 aliphatic carbocycles. The van der Waals surface area contributed by atoms with Gasteiger partial charge in [0.25, 0.3) is 0 Å². The first kappa shape index (κ1) is 20.3. The second kappa shape index (κ2) is 5.84. The number of rotatable bonds is 8. The summed E-state index contributed by atoms with van der Waals surface area (Å²) in [6.45, 7) is 1.50. The van der Waals surface area contributed by atoms with Crippen LogP contribution in [-0.2, 0) is 0 Å². The molecule has 11 heteroatoms. The smallest absolute Gasteiger partial charge is 0.339 e. The Balaban J connectivity index is 5.55. The van der Waals surface area contributed by atoms with Crippen molar-refractivity contribution in [3.05, 3.63) is 0 Å². The van der Waals surface area contributed by atoms with E-state index in [1.165, 1.54) is 6.92 Å². The molecule has 0 fully saturated rings.